The summed E-state index contributed by atoms with van der Waals surface area (Å²) in [6, 6.07) is 12.8. The Morgan fingerprint density at radius 3 is 2.72 bits per heavy atom. The Morgan fingerprint density at radius 1 is 1.12 bits per heavy atom. The molecule has 25 heavy (non-hydrogen) atoms. The second-order valence-electron chi connectivity index (χ2n) is 4.97. The predicted octanol–water partition coefficient (Wildman–Crippen LogP) is 2.50. The number of benzene rings is 2. The molecule has 0 aliphatic rings. The zero-order valence-corrected chi connectivity index (χ0v) is 12.8. The molecule has 3 rings (SSSR count). The molecule has 0 aliphatic heterocycles. The molecule has 1 aromatic heterocycles. The van der Waals surface area contributed by atoms with Gasteiger partial charge in [-0.15, -0.1) is 5.10 Å². The van der Waals surface area contributed by atoms with Crippen LogP contribution >= 0.6 is 0 Å². The van der Waals surface area contributed by atoms with Gasteiger partial charge >= 0.3 is 0 Å². The van der Waals surface area contributed by atoms with Gasteiger partial charge in [-0.05, 0) is 30.3 Å². The van der Waals surface area contributed by atoms with Crippen LogP contribution in [0.1, 0.15) is 22.4 Å². The van der Waals surface area contributed by atoms with E-state index in [4.69, 9.17) is 15.1 Å². The van der Waals surface area contributed by atoms with Gasteiger partial charge in [0.25, 0.3) is 0 Å². The van der Waals surface area contributed by atoms with E-state index in [1.165, 1.54) is 12.1 Å². The molecule has 0 saturated heterocycles. The van der Waals surface area contributed by atoms with Crippen LogP contribution < -0.4 is 4.74 Å². The maximum Gasteiger partial charge on any atom is 0.241 e. The number of rotatable bonds is 3. The van der Waals surface area contributed by atoms with Crippen molar-refractivity contribution >= 4 is 0 Å². The molecule has 0 amide bonds. The molecule has 0 aliphatic carbocycles. The smallest absolute Gasteiger partial charge is 0.241 e. The Balaban J connectivity index is 1.87. The van der Waals surface area contributed by atoms with Crippen LogP contribution in [-0.4, -0.2) is 20.5 Å². The molecule has 6 nitrogen and oxygen atoms in total. The van der Waals surface area contributed by atoms with Crippen molar-refractivity contribution in [2.75, 3.05) is 0 Å². The highest BCUT2D eigenvalue weighted by molar-refractivity contribution is 5.48. The zero-order chi connectivity index (χ0) is 17.6. The van der Waals surface area contributed by atoms with Gasteiger partial charge in [-0.1, -0.05) is 23.1 Å². The highest BCUT2D eigenvalue weighted by Gasteiger charge is 2.09. The third-order valence-electron chi connectivity index (χ3n) is 3.17. The molecule has 0 spiro atoms. The van der Waals surface area contributed by atoms with E-state index < -0.39 is 5.82 Å². The molecule has 7 heteroatoms. The maximum atomic E-state index is 13.8. The van der Waals surface area contributed by atoms with Crippen LogP contribution in [0.3, 0.4) is 0 Å². The fraction of sp³-hybridized carbons (Fsp3) is 0.0556. The molecule has 0 bridgehead atoms. The van der Waals surface area contributed by atoms with Crippen LogP contribution in [-0.2, 0) is 6.61 Å². The minimum atomic E-state index is -0.523. The molecule has 0 saturated carbocycles. The quantitative estimate of drug-likeness (QED) is 0.718. The van der Waals surface area contributed by atoms with E-state index >= 15 is 0 Å². The van der Waals surface area contributed by atoms with Crippen molar-refractivity contribution in [2.24, 2.45) is 0 Å². The predicted molar refractivity (Wildman–Crippen MR) is 85.9 cm³/mol. The number of hydrogen-bond donors (Lipinski definition) is 2. The number of halogens is 1. The van der Waals surface area contributed by atoms with Crippen molar-refractivity contribution in [1.82, 2.24) is 15.4 Å². The molecule has 0 fully saturated rings. The average molecular weight is 334 g/mol. The van der Waals surface area contributed by atoms with E-state index in [0.717, 1.165) is 0 Å². The number of aliphatic hydroxyl groups is 1. The molecule has 122 valence electrons. The minimum absolute atomic E-state index is 0.133. The van der Waals surface area contributed by atoms with Gasteiger partial charge in [-0.3, -0.25) is 0 Å². The summed E-state index contributed by atoms with van der Waals surface area (Å²) in [7, 11) is 0. The van der Waals surface area contributed by atoms with Crippen LogP contribution in [0.25, 0.3) is 0 Å². The van der Waals surface area contributed by atoms with Crippen molar-refractivity contribution in [2.45, 2.75) is 6.61 Å². The number of nitriles is 1. The molecular weight excluding hydrogens is 323 g/mol. The van der Waals surface area contributed by atoms with Crippen molar-refractivity contribution in [3.63, 3.8) is 0 Å². The van der Waals surface area contributed by atoms with Gasteiger partial charge in [0, 0.05) is 17.2 Å². The van der Waals surface area contributed by atoms with E-state index in [-0.39, 0.29) is 23.9 Å². The molecule has 0 atom stereocenters. The monoisotopic (exact) mass is 334 g/mol. The average Bonchev–Trinajstić information content (AvgIpc) is 3.07. The van der Waals surface area contributed by atoms with E-state index in [9.17, 15) is 4.39 Å². The summed E-state index contributed by atoms with van der Waals surface area (Å²) in [4.78, 5) is 0. The summed E-state index contributed by atoms with van der Waals surface area (Å²) >= 11 is 0. The van der Waals surface area contributed by atoms with E-state index in [1.54, 1.807) is 30.3 Å². The van der Waals surface area contributed by atoms with E-state index in [2.05, 4.69) is 27.3 Å². The van der Waals surface area contributed by atoms with E-state index in [1.807, 2.05) is 6.07 Å². The fourth-order valence-electron chi connectivity index (χ4n) is 2.05. The summed E-state index contributed by atoms with van der Waals surface area (Å²) in [6.07, 6.45) is 0. The van der Waals surface area contributed by atoms with Gasteiger partial charge in [0.2, 0.25) is 5.88 Å². The second-order valence-corrected chi connectivity index (χ2v) is 4.97. The maximum absolute atomic E-state index is 13.8. The molecule has 1 heterocycles. The van der Waals surface area contributed by atoms with Gasteiger partial charge in [0.1, 0.15) is 11.6 Å². The standard InChI is InChI=1S/C18H11FN4O2/c19-15-7-13(5-4-12-2-1-3-14(6-12)10-20)8-16(9-15)25-18-17(11-24)21-23-22-18/h1-3,6-9,24H,11H2,(H,21,22,23). The van der Waals surface area contributed by atoms with Crippen molar-refractivity contribution in [1.29, 1.82) is 5.26 Å². The number of H-pyrrole nitrogens is 1. The van der Waals surface area contributed by atoms with Crippen molar-refractivity contribution < 1.29 is 14.2 Å². The number of nitrogens with one attached hydrogen (secondary N) is 1. The summed E-state index contributed by atoms with van der Waals surface area (Å²) in [6.45, 7) is -0.358. The highest BCUT2D eigenvalue weighted by atomic mass is 19.1. The topological polar surface area (TPSA) is 94.8 Å². The Kier molecular flexibility index (Phi) is 4.70. The number of nitrogens with zero attached hydrogens (tertiary/aromatic N) is 3. The number of aromatic amines is 1. The number of aromatic nitrogens is 3. The largest absolute Gasteiger partial charge is 0.437 e. The Labute approximate surface area is 142 Å². The van der Waals surface area contributed by atoms with E-state index in [0.29, 0.717) is 16.7 Å². The van der Waals surface area contributed by atoms with Crippen molar-refractivity contribution in [3.8, 4) is 29.5 Å². The van der Waals surface area contributed by atoms with Crippen LogP contribution in [0.15, 0.2) is 42.5 Å². The van der Waals surface area contributed by atoms with Crippen LogP contribution in [0.5, 0.6) is 11.6 Å². The first kappa shape index (κ1) is 16.2. The summed E-state index contributed by atoms with van der Waals surface area (Å²) in [5, 5.41) is 27.7. The van der Waals surface area contributed by atoms with Crippen LogP contribution in [0.2, 0.25) is 0 Å². The molecule has 0 unspecified atom stereocenters. The lowest BCUT2D eigenvalue weighted by Crippen LogP contribution is -1.92. The van der Waals surface area contributed by atoms with Gasteiger partial charge < -0.3 is 9.84 Å². The molecule has 3 aromatic rings. The number of aliphatic hydroxyl groups excluding tert-OH is 1. The number of hydrogen-bond acceptors (Lipinski definition) is 5. The van der Waals surface area contributed by atoms with Gasteiger partial charge in [0.05, 0.1) is 18.2 Å². The van der Waals surface area contributed by atoms with Gasteiger partial charge in [-0.2, -0.15) is 5.26 Å². The van der Waals surface area contributed by atoms with Gasteiger partial charge in [-0.25, -0.2) is 9.49 Å². The highest BCUT2D eigenvalue weighted by Crippen LogP contribution is 2.23. The SMILES string of the molecule is N#Cc1cccc(C#Cc2cc(F)cc(Oc3[nH]nnc3CO)c2)c1. The Bertz CT molecular complexity index is 1010. The second kappa shape index (κ2) is 7.26. The third kappa shape index (κ3) is 3.99. The summed E-state index contributed by atoms with van der Waals surface area (Å²) in [5.41, 5.74) is 1.75. The fourth-order valence-corrected chi connectivity index (χ4v) is 2.05. The Morgan fingerprint density at radius 2 is 1.92 bits per heavy atom. The molecule has 2 N–H and O–H groups in total. The lowest BCUT2D eigenvalue weighted by atomic mass is 10.1. The Hall–Kier alpha value is -3.68. The molecule has 0 radical (unpaired) electrons. The van der Waals surface area contributed by atoms with Crippen molar-refractivity contribution in [3.05, 3.63) is 70.7 Å². The first-order valence-corrected chi connectivity index (χ1v) is 7.19. The first-order valence-electron chi connectivity index (χ1n) is 7.19. The lowest BCUT2D eigenvalue weighted by molar-refractivity contribution is 0.271. The number of ether oxygens (including phenoxy) is 1. The van der Waals surface area contributed by atoms with Crippen LogP contribution in [0.4, 0.5) is 4.39 Å². The molecule has 2 aromatic carbocycles. The molecular formula is C18H11FN4O2. The first-order chi connectivity index (χ1) is 12.2. The summed E-state index contributed by atoms with van der Waals surface area (Å²) in [5.74, 6) is 5.51. The van der Waals surface area contributed by atoms with Crippen LogP contribution in [0, 0.1) is 29.0 Å². The summed E-state index contributed by atoms with van der Waals surface area (Å²) < 4.78 is 19.3. The zero-order valence-electron chi connectivity index (χ0n) is 12.8. The minimum Gasteiger partial charge on any atom is -0.437 e. The van der Waals surface area contributed by atoms with Gasteiger partial charge in [0.15, 0.2) is 5.69 Å². The third-order valence-corrected chi connectivity index (χ3v) is 3.17. The normalized spacial score (nSPS) is 9.80. The lowest BCUT2D eigenvalue weighted by Gasteiger charge is -2.04.